The van der Waals surface area contributed by atoms with E-state index in [4.69, 9.17) is 32.7 Å². The topological polar surface area (TPSA) is 114 Å². The zero-order chi connectivity index (χ0) is 30.1. The third-order valence-corrected chi connectivity index (χ3v) is 5.56. The van der Waals surface area contributed by atoms with Gasteiger partial charge in [-0.25, -0.2) is 4.98 Å². The minimum atomic E-state index is -7.11. The molecule has 0 atom stereocenters. The highest BCUT2D eigenvalue weighted by atomic mass is 35.5. The molecule has 0 saturated carbocycles. The van der Waals surface area contributed by atoms with E-state index < -0.39 is 47.8 Å². The summed E-state index contributed by atoms with van der Waals surface area (Å²) in [6.07, 6.45) is -4.49. The summed E-state index contributed by atoms with van der Waals surface area (Å²) in [5, 5.41) is 4.09. The van der Waals surface area contributed by atoms with E-state index in [1.807, 2.05) is 0 Å². The number of pyridine rings is 2. The number of fused-ring (bicyclic) bond motifs is 1. The molecule has 0 aliphatic carbocycles. The average Bonchev–Trinajstić information content (AvgIpc) is 3.25. The number of alkyl halides is 9. The molecule has 3 aromatic rings. The summed E-state index contributed by atoms with van der Waals surface area (Å²) in [7, 11) is 1.29. The van der Waals surface area contributed by atoms with Crippen LogP contribution in [0.2, 0.25) is 10.0 Å². The highest BCUT2D eigenvalue weighted by Gasteiger charge is 2.81. The molecule has 3 aromatic heterocycles. The van der Waals surface area contributed by atoms with Gasteiger partial charge in [0.2, 0.25) is 11.8 Å². The molecule has 0 bridgehead atoms. The molecule has 0 aliphatic rings. The second kappa shape index (κ2) is 11.3. The first kappa shape index (κ1) is 31.3. The average molecular weight is 629 g/mol. The molecular formula is C20H15Cl2F9N6O3. The number of methoxy groups -OCH3 is 1. The molecule has 9 nitrogen and oxygen atoms in total. The molecule has 0 aliphatic heterocycles. The smallest absolute Gasteiger partial charge is 0.460 e. The fourth-order valence-corrected chi connectivity index (χ4v) is 3.39. The van der Waals surface area contributed by atoms with Crippen molar-refractivity contribution in [2.75, 3.05) is 32.2 Å². The van der Waals surface area contributed by atoms with Crippen LogP contribution in [0.25, 0.3) is 11.2 Å². The number of aromatic nitrogens is 4. The Hall–Kier alpha value is -3.25. The second-order valence-electron chi connectivity index (χ2n) is 7.77. The maximum atomic E-state index is 13.9. The van der Waals surface area contributed by atoms with Crippen molar-refractivity contribution in [1.82, 2.24) is 25.3 Å². The summed E-state index contributed by atoms with van der Waals surface area (Å²) < 4.78 is 128. The summed E-state index contributed by atoms with van der Waals surface area (Å²) in [5.41, 5.74) is -0.739. The summed E-state index contributed by atoms with van der Waals surface area (Å²) >= 11 is 12.0. The fraction of sp³-hybridized carbons (Fsp3) is 0.400. The number of nitrogens with zero attached hydrogens (tertiary/aromatic N) is 3. The maximum Gasteiger partial charge on any atom is 0.460 e. The van der Waals surface area contributed by atoms with Gasteiger partial charge in [-0.3, -0.25) is 9.78 Å². The minimum absolute atomic E-state index is 0.0570. The number of ether oxygens (including phenoxy) is 2. The maximum absolute atomic E-state index is 13.9. The quantitative estimate of drug-likeness (QED) is 0.186. The number of aromatic amines is 1. The standard InChI is InChI=1S/C20H15Cl2F9N6O3/c1-39-2-3-40-15-8(14(38)33-7-17(23,24)18(25,26)19(27,28)20(29,30)31)4-11-13(36-15)37-16(34-11)35-12-9(21)5-32-6-10(12)22/h4-6H,2-3,7H2,1H3,(H,33,38)(H2,32,34,35,36,37). The number of halogens is 11. The van der Waals surface area contributed by atoms with Crippen molar-refractivity contribution >= 4 is 51.9 Å². The van der Waals surface area contributed by atoms with Crippen LogP contribution in [-0.2, 0) is 4.74 Å². The first-order chi connectivity index (χ1) is 18.4. The van der Waals surface area contributed by atoms with Gasteiger partial charge in [0, 0.05) is 19.5 Å². The predicted molar refractivity (Wildman–Crippen MR) is 122 cm³/mol. The Morgan fingerprint density at radius 1 is 0.975 bits per heavy atom. The first-order valence-electron chi connectivity index (χ1n) is 10.5. The van der Waals surface area contributed by atoms with Crippen molar-refractivity contribution < 1.29 is 53.8 Å². The van der Waals surface area contributed by atoms with Gasteiger partial charge in [0.1, 0.15) is 17.7 Å². The second-order valence-corrected chi connectivity index (χ2v) is 8.59. The number of rotatable bonds is 11. The number of carbonyl (C=O) groups excluding carboxylic acids is 1. The fourth-order valence-electron chi connectivity index (χ4n) is 2.93. The van der Waals surface area contributed by atoms with E-state index in [9.17, 15) is 44.3 Å². The Kier molecular flexibility index (Phi) is 8.85. The Labute approximate surface area is 227 Å². The lowest BCUT2D eigenvalue weighted by molar-refractivity contribution is -0.394. The number of carbonyl (C=O) groups is 1. The summed E-state index contributed by atoms with van der Waals surface area (Å²) in [6.45, 7) is -2.93. The number of hydrogen-bond donors (Lipinski definition) is 3. The molecule has 0 aromatic carbocycles. The van der Waals surface area contributed by atoms with Gasteiger partial charge in [0.25, 0.3) is 5.91 Å². The van der Waals surface area contributed by atoms with Crippen molar-refractivity contribution in [2.45, 2.75) is 23.9 Å². The normalized spacial score (nSPS) is 13.0. The molecule has 40 heavy (non-hydrogen) atoms. The lowest BCUT2D eigenvalue weighted by atomic mass is 10.0. The van der Waals surface area contributed by atoms with Crippen molar-refractivity contribution in [2.24, 2.45) is 0 Å². The van der Waals surface area contributed by atoms with Crippen LogP contribution in [0.1, 0.15) is 10.4 Å². The van der Waals surface area contributed by atoms with Crippen LogP contribution in [-0.4, -0.2) is 76.7 Å². The van der Waals surface area contributed by atoms with Crippen LogP contribution < -0.4 is 15.4 Å². The third kappa shape index (κ3) is 6.07. The van der Waals surface area contributed by atoms with Crippen LogP contribution in [0.5, 0.6) is 5.88 Å². The molecule has 0 unspecified atom stereocenters. The predicted octanol–water partition coefficient (Wildman–Crippen LogP) is 5.63. The zero-order valence-electron chi connectivity index (χ0n) is 19.6. The Morgan fingerprint density at radius 2 is 1.60 bits per heavy atom. The molecule has 0 fully saturated rings. The number of anilines is 2. The Morgan fingerprint density at radius 3 is 2.17 bits per heavy atom. The SMILES string of the molecule is COCCOc1nc2[nH]c(Nc3c(Cl)cncc3Cl)nc2cc1C(=O)NCC(F)(F)C(F)(F)C(F)(F)C(F)(F)F. The Balaban J connectivity index is 1.92. The summed E-state index contributed by atoms with van der Waals surface area (Å²) in [4.78, 5) is 27.1. The lowest BCUT2D eigenvalue weighted by Crippen LogP contribution is -2.63. The van der Waals surface area contributed by atoms with Gasteiger partial charge < -0.3 is 25.1 Å². The molecule has 0 radical (unpaired) electrons. The molecule has 0 saturated heterocycles. The van der Waals surface area contributed by atoms with E-state index in [1.165, 1.54) is 24.8 Å². The molecular weight excluding hydrogens is 614 g/mol. The summed E-state index contributed by atoms with van der Waals surface area (Å²) in [6, 6.07) is 0.901. The summed E-state index contributed by atoms with van der Waals surface area (Å²) in [5.74, 6) is -22.3. The van der Waals surface area contributed by atoms with E-state index >= 15 is 0 Å². The van der Waals surface area contributed by atoms with Crippen LogP contribution in [0.4, 0.5) is 51.1 Å². The van der Waals surface area contributed by atoms with Gasteiger partial charge >= 0.3 is 23.9 Å². The van der Waals surface area contributed by atoms with Crippen molar-refractivity contribution in [3.63, 3.8) is 0 Å². The van der Waals surface area contributed by atoms with E-state index in [-0.39, 0.29) is 46.1 Å². The minimum Gasteiger partial charge on any atom is -0.475 e. The van der Waals surface area contributed by atoms with Crippen LogP contribution in [0.15, 0.2) is 18.5 Å². The molecule has 3 heterocycles. The molecule has 220 valence electrons. The molecule has 20 heteroatoms. The monoisotopic (exact) mass is 628 g/mol. The molecule has 3 N–H and O–H groups in total. The molecule has 0 spiro atoms. The third-order valence-electron chi connectivity index (χ3n) is 4.98. The highest BCUT2D eigenvalue weighted by Crippen LogP contribution is 2.52. The molecule has 3 rings (SSSR count). The first-order valence-corrected chi connectivity index (χ1v) is 11.3. The number of amides is 1. The van der Waals surface area contributed by atoms with E-state index in [2.05, 4.69) is 25.3 Å². The van der Waals surface area contributed by atoms with Gasteiger partial charge in [0.15, 0.2) is 5.65 Å². The van der Waals surface area contributed by atoms with E-state index in [0.29, 0.717) is 0 Å². The highest BCUT2D eigenvalue weighted by molar-refractivity contribution is 6.39. The van der Waals surface area contributed by atoms with Gasteiger partial charge in [-0.15, -0.1) is 0 Å². The number of nitrogens with one attached hydrogen (secondary N) is 3. The van der Waals surface area contributed by atoms with Crippen LogP contribution in [0, 0.1) is 0 Å². The number of hydrogen-bond acceptors (Lipinski definition) is 7. The lowest BCUT2D eigenvalue weighted by Gasteiger charge is -2.33. The van der Waals surface area contributed by atoms with Crippen molar-refractivity contribution in [3.05, 3.63) is 34.1 Å². The van der Waals surface area contributed by atoms with Crippen LogP contribution in [0.3, 0.4) is 0 Å². The Bertz CT molecular complexity index is 1370. The van der Waals surface area contributed by atoms with Gasteiger partial charge in [-0.05, 0) is 6.07 Å². The van der Waals surface area contributed by atoms with Crippen molar-refractivity contribution in [1.29, 1.82) is 0 Å². The van der Waals surface area contributed by atoms with Crippen LogP contribution >= 0.6 is 23.2 Å². The van der Waals surface area contributed by atoms with Gasteiger partial charge in [0.05, 0.1) is 28.9 Å². The van der Waals surface area contributed by atoms with Crippen molar-refractivity contribution in [3.8, 4) is 5.88 Å². The molecule has 1 amide bonds. The zero-order valence-corrected chi connectivity index (χ0v) is 21.1. The van der Waals surface area contributed by atoms with Gasteiger partial charge in [-0.1, -0.05) is 23.2 Å². The number of imidazole rings is 1. The van der Waals surface area contributed by atoms with E-state index in [1.54, 1.807) is 0 Å². The largest absolute Gasteiger partial charge is 0.475 e. The van der Waals surface area contributed by atoms with Gasteiger partial charge in [-0.2, -0.15) is 44.5 Å². The number of H-pyrrole nitrogens is 1. The van der Waals surface area contributed by atoms with E-state index in [0.717, 1.165) is 6.07 Å².